The number of pyridine rings is 1. The number of carbonyl (C=O) groups excluding carboxylic acids is 1. The van der Waals surface area contributed by atoms with Crippen molar-refractivity contribution in [2.45, 2.75) is 52.4 Å². The molecule has 0 amide bonds. The van der Waals surface area contributed by atoms with Gasteiger partial charge in [0.2, 0.25) is 0 Å². The van der Waals surface area contributed by atoms with Crippen LogP contribution in [0, 0.1) is 5.41 Å². The highest BCUT2D eigenvalue weighted by atomic mass is 79.9. The van der Waals surface area contributed by atoms with Gasteiger partial charge in [0.25, 0.3) is 5.56 Å². The van der Waals surface area contributed by atoms with Crippen LogP contribution in [0.5, 0.6) is 0 Å². The van der Waals surface area contributed by atoms with Crippen LogP contribution < -0.4 is 5.56 Å². The predicted octanol–water partition coefficient (Wildman–Crippen LogP) is 3.14. The molecule has 1 aliphatic rings. The summed E-state index contributed by atoms with van der Waals surface area (Å²) in [6.45, 7) is 5.06. The van der Waals surface area contributed by atoms with E-state index in [0.717, 1.165) is 23.7 Å². The zero-order valence-electron chi connectivity index (χ0n) is 13.7. The first-order valence-corrected chi connectivity index (χ1v) is 8.80. The maximum absolute atomic E-state index is 12.4. The third-order valence-corrected chi connectivity index (χ3v) is 4.72. The highest BCUT2D eigenvalue weighted by Crippen LogP contribution is 2.23. The van der Waals surface area contributed by atoms with E-state index in [4.69, 9.17) is 9.47 Å². The first-order chi connectivity index (χ1) is 10.9. The number of carbonyl (C=O) groups is 1. The average molecular weight is 386 g/mol. The Morgan fingerprint density at radius 1 is 1.48 bits per heavy atom. The summed E-state index contributed by atoms with van der Waals surface area (Å²) >= 11 is 3.27. The number of halogens is 1. The number of rotatable bonds is 7. The third kappa shape index (κ3) is 5.55. The van der Waals surface area contributed by atoms with E-state index in [9.17, 15) is 9.59 Å². The molecular formula is C17H24BrNO4. The molecule has 0 spiro atoms. The van der Waals surface area contributed by atoms with Gasteiger partial charge in [-0.15, -0.1) is 0 Å². The van der Waals surface area contributed by atoms with Crippen LogP contribution in [0.4, 0.5) is 0 Å². The first-order valence-electron chi connectivity index (χ1n) is 8.01. The standard InChI is InChI=1S/C17H24BrNO4/c1-17(2,7-9-19-8-6-13(18)11-15(19)21)14(20)12-23-16-5-3-4-10-22-16/h6,8,11,16H,3-5,7,9-10,12H2,1-2H3. The van der Waals surface area contributed by atoms with Crippen molar-refractivity contribution in [2.75, 3.05) is 13.2 Å². The summed E-state index contributed by atoms with van der Waals surface area (Å²) in [7, 11) is 0. The topological polar surface area (TPSA) is 57.5 Å². The van der Waals surface area contributed by atoms with Gasteiger partial charge >= 0.3 is 0 Å². The molecule has 128 valence electrons. The van der Waals surface area contributed by atoms with E-state index in [1.165, 1.54) is 6.07 Å². The van der Waals surface area contributed by atoms with Crippen molar-refractivity contribution >= 4 is 21.7 Å². The average Bonchev–Trinajstić information content (AvgIpc) is 2.52. The third-order valence-electron chi connectivity index (χ3n) is 4.23. The largest absolute Gasteiger partial charge is 0.353 e. The summed E-state index contributed by atoms with van der Waals surface area (Å²) in [5.74, 6) is 0.0387. The first kappa shape index (κ1) is 18.4. The molecule has 1 unspecified atom stereocenters. The van der Waals surface area contributed by atoms with Crippen molar-refractivity contribution < 1.29 is 14.3 Å². The van der Waals surface area contributed by atoms with Gasteiger partial charge in [0, 0.05) is 35.3 Å². The molecule has 1 aromatic rings. The van der Waals surface area contributed by atoms with Gasteiger partial charge in [0.15, 0.2) is 12.1 Å². The molecule has 1 aliphatic heterocycles. The molecule has 0 saturated carbocycles. The van der Waals surface area contributed by atoms with E-state index in [0.29, 0.717) is 19.6 Å². The Kier molecular flexibility index (Phi) is 6.56. The summed E-state index contributed by atoms with van der Waals surface area (Å²) < 4.78 is 13.4. The van der Waals surface area contributed by atoms with E-state index in [-0.39, 0.29) is 24.2 Å². The number of Topliss-reactive ketones (excluding diaryl/α,β-unsaturated/α-hetero) is 1. The minimum Gasteiger partial charge on any atom is -0.353 e. The molecule has 6 heteroatoms. The van der Waals surface area contributed by atoms with Crippen LogP contribution in [0.3, 0.4) is 0 Å². The van der Waals surface area contributed by atoms with Crippen LogP contribution in [0.1, 0.15) is 39.5 Å². The predicted molar refractivity (Wildman–Crippen MR) is 91.4 cm³/mol. The number of aromatic nitrogens is 1. The molecule has 0 N–H and O–H groups in total. The van der Waals surface area contributed by atoms with E-state index in [1.54, 1.807) is 10.8 Å². The molecule has 1 atom stereocenters. The highest BCUT2D eigenvalue weighted by Gasteiger charge is 2.28. The number of hydrogen-bond acceptors (Lipinski definition) is 4. The number of ether oxygens (including phenoxy) is 2. The Morgan fingerprint density at radius 2 is 2.26 bits per heavy atom. The van der Waals surface area contributed by atoms with Crippen LogP contribution in [0.2, 0.25) is 0 Å². The van der Waals surface area contributed by atoms with Gasteiger partial charge in [-0.05, 0) is 31.7 Å². The SMILES string of the molecule is CC(C)(CCn1ccc(Br)cc1=O)C(=O)COC1CCCCO1. The summed E-state index contributed by atoms with van der Waals surface area (Å²) in [5, 5.41) is 0. The number of aryl methyl sites for hydroxylation is 1. The van der Waals surface area contributed by atoms with Crippen molar-refractivity contribution in [3.05, 3.63) is 33.2 Å². The maximum atomic E-state index is 12.4. The number of nitrogens with zero attached hydrogens (tertiary/aromatic N) is 1. The zero-order valence-corrected chi connectivity index (χ0v) is 15.3. The fourth-order valence-corrected chi connectivity index (χ4v) is 2.73. The summed E-state index contributed by atoms with van der Waals surface area (Å²) in [4.78, 5) is 24.3. The fraction of sp³-hybridized carbons (Fsp3) is 0.647. The van der Waals surface area contributed by atoms with Gasteiger partial charge in [-0.25, -0.2) is 0 Å². The number of ketones is 1. The summed E-state index contributed by atoms with van der Waals surface area (Å²) in [6, 6.07) is 3.35. The quantitative estimate of drug-likeness (QED) is 0.723. The second kappa shape index (κ2) is 8.22. The Balaban J connectivity index is 1.84. The molecule has 0 aromatic carbocycles. The molecule has 5 nitrogen and oxygen atoms in total. The smallest absolute Gasteiger partial charge is 0.251 e. The van der Waals surface area contributed by atoms with E-state index >= 15 is 0 Å². The Labute approximate surface area is 145 Å². The van der Waals surface area contributed by atoms with Gasteiger partial charge in [-0.2, -0.15) is 0 Å². The van der Waals surface area contributed by atoms with E-state index in [1.807, 2.05) is 19.9 Å². The van der Waals surface area contributed by atoms with Crippen molar-refractivity contribution in [2.24, 2.45) is 5.41 Å². The van der Waals surface area contributed by atoms with Crippen molar-refractivity contribution in [1.29, 1.82) is 0 Å². The maximum Gasteiger partial charge on any atom is 0.251 e. The molecule has 2 rings (SSSR count). The molecule has 1 fully saturated rings. The molecule has 2 heterocycles. The number of hydrogen-bond donors (Lipinski definition) is 0. The minimum absolute atomic E-state index is 0.0387. The van der Waals surface area contributed by atoms with Crippen LogP contribution in [-0.4, -0.2) is 29.9 Å². The molecule has 0 bridgehead atoms. The summed E-state index contributed by atoms with van der Waals surface area (Å²) in [5.41, 5.74) is -0.615. The Morgan fingerprint density at radius 3 is 2.91 bits per heavy atom. The second-order valence-corrected chi connectivity index (χ2v) is 7.46. The lowest BCUT2D eigenvalue weighted by molar-refractivity contribution is -0.173. The van der Waals surface area contributed by atoms with Crippen LogP contribution in [0.15, 0.2) is 27.6 Å². The molecule has 0 radical (unpaired) electrons. The lowest BCUT2D eigenvalue weighted by Crippen LogP contribution is -2.33. The van der Waals surface area contributed by atoms with Crippen molar-refractivity contribution in [1.82, 2.24) is 4.57 Å². The second-order valence-electron chi connectivity index (χ2n) is 6.54. The van der Waals surface area contributed by atoms with Crippen molar-refractivity contribution in [3.63, 3.8) is 0 Å². The minimum atomic E-state index is -0.540. The van der Waals surface area contributed by atoms with Crippen molar-refractivity contribution in [3.8, 4) is 0 Å². The zero-order chi connectivity index (χ0) is 16.9. The molecule has 1 aromatic heterocycles. The molecule has 23 heavy (non-hydrogen) atoms. The van der Waals surface area contributed by atoms with Gasteiger partial charge in [-0.1, -0.05) is 29.8 Å². The van der Waals surface area contributed by atoms with Gasteiger partial charge in [-0.3, -0.25) is 9.59 Å². The normalized spacial score (nSPS) is 18.8. The summed E-state index contributed by atoms with van der Waals surface area (Å²) in [6.07, 6.45) is 5.05. The van der Waals surface area contributed by atoms with Gasteiger partial charge in [0.05, 0.1) is 0 Å². The molecular weight excluding hydrogens is 362 g/mol. The molecule has 0 aliphatic carbocycles. The van der Waals surface area contributed by atoms with Crippen LogP contribution in [0.25, 0.3) is 0 Å². The van der Waals surface area contributed by atoms with Gasteiger partial charge in [0.1, 0.15) is 6.61 Å². The fourth-order valence-electron chi connectivity index (χ4n) is 2.41. The monoisotopic (exact) mass is 385 g/mol. The highest BCUT2D eigenvalue weighted by molar-refractivity contribution is 9.10. The lowest BCUT2D eigenvalue weighted by atomic mass is 9.84. The van der Waals surface area contributed by atoms with E-state index < -0.39 is 5.41 Å². The molecule has 1 saturated heterocycles. The van der Waals surface area contributed by atoms with Crippen LogP contribution >= 0.6 is 15.9 Å². The van der Waals surface area contributed by atoms with E-state index in [2.05, 4.69) is 15.9 Å². The lowest BCUT2D eigenvalue weighted by Gasteiger charge is -2.26. The van der Waals surface area contributed by atoms with Crippen LogP contribution in [-0.2, 0) is 20.8 Å². The Hall–Kier alpha value is -0.980. The Bertz CT molecular complexity index is 591. The van der Waals surface area contributed by atoms with Gasteiger partial charge < -0.3 is 14.0 Å².